The van der Waals surface area contributed by atoms with Gasteiger partial charge in [-0.1, -0.05) is 0 Å². The smallest absolute Gasteiger partial charge is 0.354 e. The predicted molar refractivity (Wildman–Crippen MR) is 120 cm³/mol. The third kappa shape index (κ3) is 5.46. The minimum atomic E-state index is -4.68. The van der Waals surface area contributed by atoms with E-state index in [9.17, 15) is 31.1 Å². The summed E-state index contributed by atoms with van der Waals surface area (Å²) < 4.78 is 81.2. The second kappa shape index (κ2) is 10.2. The van der Waals surface area contributed by atoms with E-state index >= 15 is 0 Å². The molecule has 2 fully saturated rings. The molecular formula is C23H24F6N4OS. The summed E-state index contributed by atoms with van der Waals surface area (Å²) in [6.07, 6.45) is -0.791. The number of piperidine rings is 1. The predicted octanol–water partition coefficient (Wildman–Crippen LogP) is 5.54. The number of carbonyl (C=O) groups excluding carboxylic acids is 1. The van der Waals surface area contributed by atoms with Crippen LogP contribution in [0.5, 0.6) is 0 Å². The number of pyridine rings is 1. The zero-order chi connectivity index (χ0) is 25.3. The summed E-state index contributed by atoms with van der Waals surface area (Å²) in [5.74, 6) is -2.29. The molecule has 0 saturated carbocycles. The zero-order valence-corrected chi connectivity index (χ0v) is 19.7. The van der Waals surface area contributed by atoms with Crippen molar-refractivity contribution < 1.29 is 31.1 Å². The Morgan fingerprint density at radius 1 is 1.00 bits per heavy atom. The molecule has 190 valence electrons. The Hall–Kier alpha value is -2.63. The number of thioether (sulfide) groups is 1. The van der Waals surface area contributed by atoms with Crippen molar-refractivity contribution >= 4 is 23.6 Å². The molecular weight excluding hydrogens is 494 g/mol. The molecule has 2 aliphatic rings. The number of nitrogens with zero attached hydrogens (tertiary/aromatic N) is 4. The average Bonchev–Trinajstić information content (AvgIpc) is 2.82. The highest BCUT2D eigenvalue weighted by Crippen LogP contribution is 2.32. The number of hydrogen-bond acceptors (Lipinski definition) is 4. The van der Waals surface area contributed by atoms with E-state index in [0.717, 1.165) is 23.9 Å². The van der Waals surface area contributed by atoms with Crippen molar-refractivity contribution in [3.8, 4) is 0 Å². The van der Waals surface area contributed by atoms with Crippen LogP contribution in [0, 0.1) is 17.5 Å². The van der Waals surface area contributed by atoms with E-state index in [-0.39, 0.29) is 34.9 Å². The Bertz CT molecular complexity index is 1090. The van der Waals surface area contributed by atoms with Gasteiger partial charge in [0, 0.05) is 48.9 Å². The van der Waals surface area contributed by atoms with Gasteiger partial charge in [0.25, 0.3) is 0 Å². The molecule has 1 aromatic carbocycles. The summed E-state index contributed by atoms with van der Waals surface area (Å²) in [7, 11) is 0. The van der Waals surface area contributed by atoms with Gasteiger partial charge in [-0.15, -0.1) is 11.8 Å². The third-order valence-corrected chi connectivity index (χ3v) is 7.13. The van der Waals surface area contributed by atoms with E-state index in [1.54, 1.807) is 16.1 Å². The van der Waals surface area contributed by atoms with Gasteiger partial charge >= 0.3 is 12.2 Å². The number of alkyl halides is 3. The monoisotopic (exact) mass is 518 g/mol. The van der Waals surface area contributed by atoms with Crippen molar-refractivity contribution in [3.05, 3.63) is 53.0 Å². The van der Waals surface area contributed by atoms with Crippen molar-refractivity contribution in [1.82, 2.24) is 14.8 Å². The molecule has 0 spiro atoms. The molecule has 0 bridgehead atoms. The van der Waals surface area contributed by atoms with Crippen LogP contribution in [0.15, 0.2) is 29.3 Å². The molecule has 12 heteroatoms. The van der Waals surface area contributed by atoms with Gasteiger partial charge < -0.3 is 14.7 Å². The number of aromatic nitrogens is 1. The largest absolute Gasteiger partial charge is 0.417 e. The number of benzene rings is 1. The summed E-state index contributed by atoms with van der Waals surface area (Å²) in [6, 6.07) is 2.26. The number of urea groups is 1. The normalized spacial score (nSPS) is 17.9. The lowest BCUT2D eigenvalue weighted by molar-refractivity contribution is -0.138. The van der Waals surface area contributed by atoms with Crippen molar-refractivity contribution in [2.45, 2.75) is 42.9 Å². The van der Waals surface area contributed by atoms with Gasteiger partial charge in [-0.05, 0) is 43.7 Å². The first kappa shape index (κ1) is 25.5. The summed E-state index contributed by atoms with van der Waals surface area (Å²) in [4.78, 5) is 21.8. The minimum Gasteiger partial charge on any atom is -0.354 e. The maximum absolute atomic E-state index is 14.4. The average molecular weight is 519 g/mol. The van der Waals surface area contributed by atoms with E-state index < -0.39 is 29.2 Å². The first-order chi connectivity index (χ1) is 16.6. The van der Waals surface area contributed by atoms with Crippen LogP contribution in [0.2, 0.25) is 0 Å². The SMILES string of the molecule is CSc1cc(F)c(CN2CCCN(C3CCN(c4ncc(C(F)(F)F)cc4F)CC3)C2=O)cc1F. The second-order valence-electron chi connectivity index (χ2n) is 8.57. The Kier molecular flexibility index (Phi) is 7.39. The van der Waals surface area contributed by atoms with E-state index in [2.05, 4.69) is 4.98 Å². The van der Waals surface area contributed by atoms with Gasteiger partial charge in [-0.3, -0.25) is 0 Å². The number of rotatable bonds is 5. The molecule has 0 radical (unpaired) electrons. The molecule has 4 rings (SSSR count). The fourth-order valence-electron chi connectivity index (χ4n) is 4.55. The molecule has 0 N–H and O–H groups in total. The van der Waals surface area contributed by atoms with Gasteiger partial charge in [0.05, 0.1) is 12.1 Å². The van der Waals surface area contributed by atoms with Crippen molar-refractivity contribution in [3.63, 3.8) is 0 Å². The van der Waals surface area contributed by atoms with Crippen LogP contribution < -0.4 is 4.90 Å². The van der Waals surface area contributed by atoms with Crippen LogP contribution in [-0.4, -0.2) is 59.3 Å². The molecule has 2 aromatic rings. The molecule has 0 aliphatic carbocycles. The van der Waals surface area contributed by atoms with Gasteiger partial charge in [-0.25, -0.2) is 22.9 Å². The Labute approximate surface area is 203 Å². The van der Waals surface area contributed by atoms with Gasteiger partial charge in [0.15, 0.2) is 11.6 Å². The molecule has 2 amide bonds. The zero-order valence-electron chi connectivity index (χ0n) is 18.9. The maximum atomic E-state index is 14.4. The molecule has 35 heavy (non-hydrogen) atoms. The molecule has 1 aromatic heterocycles. The number of hydrogen-bond donors (Lipinski definition) is 0. The highest BCUT2D eigenvalue weighted by Gasteiger charge is 2.35. The number of amides is 2. The molecule has 2 saturated heterocycles. The molecule has 5 nitrogen and oxygen atoms in total. The van der Waals surface area contributed by atoms with Crippen LogP contribution >= 0.6 is 11.8 Å². The van der Waals surface area contributed by atoms with Gasteiger partial charge in [-0.2, -0.15) is 13.2 Å². The van der Waals surface area contributed by atoms with Crippen LogP contribution in [0.3, 0.4) is 0 Å². The van der Waals surface area contributed by atoms with Crippen LogP contribution in [0.25, 0.3) is 0 Å². The highest BCUT2D eigenvalue weighted by atomic mass is 32.2. The summed E-state index contributed by atoms with van der Waals surface area (Å²) in [5.41, 5.74) is -1.04. The molecule has 0 atom stereocenters. The number of halogens is 6. The number of carbonyl (C=O) groups is 1. The first-order valence-corrected chi connectivity index (χ1v) is 12.4. The van der Waals surface area contributed by atoms with Crippen molar-refractivity contribution in [2.24, 2.45) is 0 Å². The molecule has 2 aliphatic heterocycles. The molecule has 0 unspecified atom stereocenters. The lowest BCUT2D eigenvalue weighted by Gasteiger charge is -2.43. The van der Waals surface area contributed by atoms with E-state index in [4.69, 9.17) is 0 Å². The fourth-order valence-corrected chi connectivity index (χ4v) is 5.03. The highest BCUT2D eigenvalue weighted by molar-refractivity contribution is 7.98. The minimum absolute atomic E-state index is 0.0493. The lowest BCUT2D eigenvalue weighted by atomic mass is 10.0. The van der Waals surface area contributed by atoms with Crippen LogP contribution in [0.1, 0.15) is 30.4 Å². The summed E-state index contributed by atoms with van der Waals surface area (Å²) >= 11 is 1.10. The van der Waals surface area contributed by atoms with Crippen molar-refractivity contribution in [1.29, 1.82) is 0 Å². The Morgan fingerprint density at radius 3 is 2.34 bits per heavy atom. The summed E-state index contributed by atoms with van der Waals surface area (Å²) in [6.45, 7) is 1.51. The summed E-state index contributed by atoms with van der Waals surface area (Å²) in [5, 5.41) is 0. The lowest BCUT2D eigenvalue weighted by Crippen LogP contribution is -2.55. The van der Waals surface area contributed by atoms with E-state index in [1.165, 1.54) is 4.90 Å². The van der Waals surface area contributed by atoms with Crippen LogP contribution in [-0.2, 0) is 12.7 Å². The van der Waals surface area contributed by atoms with Crippen LogP contribution in [0.4, 0.5) is 37.0 Å². The second-order valence-corrected chi connectivity index (χ2v) is 9.42. The number of anilines is 1. The third-order valence-electron chi connectivity index (χ3n) is 6.38. The Morgan fingerprint density at radius 2 is 1.71 bits per heavy atom. The van der Waals surface area contributed by atoms with Crippen molar-refractivity contribution in [2.75, 3.05) is 37.3 Å². The van der Waals surface area contributed by atoms with E-state index in [1.807, 2.05) is 0 Å². The van der Waals surface area contributed by atoms with Gasteiger partial charge in [0.2, 0.25) is 0 Å². The topological polar surface area (TPSA) is 39.7 Å². The van der Waals surface area contributed by atoms with E-state index in [0.29, 0.717) is 57.7 Å². The fraction of sp³-hybridized carbons (Fsp3) is 0.478. The van der Waals surface area contributed by atoms with Gasteiger partial charge in [0.1, 0.15) is 11.6 Å². The standard InChI is InChI=1S/C23H24F6N4OS/c1-35-20-11-17(24)14(9-18(20)25)13-32-5-2-6-33(22(32)34)16-3-7-31(8-4-16)21-19(26)10-15(12-30-21)23(27,28)29/h9-12,16H,2-8,13H2,1H3. The first-order valence-electron chi connectivity index (χ1n) is 11.1. The maximum Gasteiger partial charge on any atom is 0.417 e. The quantitative estimate of drug-likeness (QED) is 0.385. The molecule has 3 heterocycles. The Balaban J connectivity index is 1.39.